The van der Waals surface area contributed by atoms with E-state index in [0.29, 0.717) is 17.3 Å². The summed E-state index contributed by atoms with van der Waals surface area (Å²) in [7, 11) is 0. The van der Waals surface area contributed by atoms with E-state index >= 15 is 0 Å². The Bertz CT molecular complexity index is 548. The predicted molar refractivity (Wildman–Crippen MR) is 91.8 cm³/mol. The maximum atomic E-state index is 10.5. The average molecular weight is 316 g/mol. The Morgan fingerprint density at radius 3 is 2.35 bits per heavy atom. The molecule has 23 heavy (non-hydrogen) atoms. The van der Waals surface area contributed by atoms with Gasteiger partial charge in [-0.05, 0) is 85.9 Å². The first-order valence-electron chi connectivity index (χ1n) is 9.68. The van der Waals surface area contributed by atoms with Gasteiger partial charge in [0.1, 0.15) is 0 Å². The summed E-state index contributed by atoms with van der Waals surface area (Å²) < 4.78 is 0. The van der Waals surface area contributed by atoms with Crippen LogP contribution in [0.2, 0.25) is 0 Å². The standard InChI is InChI=1S/C21H32O2/c1-4-13-15-6-5-14-16-7-8-19(23)21(16,3)11-9-17(14)20(15,2)12-10-18(13)22/h14-19,22-23H,1,5-12H2,2-3H3/t14-,15?,16-,17+,18?,19?,20-,21-/m0/s1. The van der Waals surface area contributed by atoms with Crippen LogP contribution >= 0.6 is 0 Å². The molecule has 4 fully saturated rings. The summed E-state index contributed by atoms with van der Waals surface area (Å²) in [5.74, 6) is 2.70. The summed E-state index contributed by atoms with van der Waals surface area (Å²) in [4.78, 5) is 0. The SMILES string of the molecule is C=C=C1C(O)CC[C@@]2(C)C1CC[C@@H]1[C@H]2CC[C@]2(C)C(O)CC[C@@H]12. The second-order valence-corrected chi connectivity index (χ2v) is 9.34. The summed E-state index contributed by atoms with van der Waals surface area (Å²) in [6, 6.07) is 0. The van der Waals surface area contributed by atoms with Crippen molar-refractivity contribution < 1.29 is 10.2 Å². The first kappa shape index (κ1) is 15.9. The van der Waals surface area contributed by atoms with Gasteiger partial charge in [-0.15, -0.1) is 5.73 Å². The largest absolute Gasteiger partial charge is 0.393 e. The summed E-state index contributed by atoms with van der Waals surface area (Å²) in [6.07, 6.45) is 8.69. The number of rotatable bonds is 0. The Balaban J connectivity index is 1.68. The van der Waals surface area contributed by atoms with Crippen LogP contribution in [0.1, 0.15) is 65.2 Å². The van der Waals surface area contributed by atoms with Gasteiger partial charge >= 0.3 is 0 Å². The number of hydrogen-bond donors (Lipinski definition) is 2. The molecule has 0 aliphatic heterocycles. The Morgan fingerprint density at radius 2 is 1.61 bits per heavy atom. The highest BCUT2D eigenvalue weighted by atomic mass is 16.3. The highest BCUT2D eigenvalue weighted by molar-refractivity contribution is 5.22. The van der Waals surface area contributed by atoms with Gasteiger partial charge in [0.25, 0.3) is 0 Å². The van der Waals surface area contributed by atoms with Crippen molar-refractivity contribution in [3.05, 3.63) is 17.9 Å². The van der Waals surface area contributed by atoms with Crippen molar-refractivity contribution in [2.24, 2.45) is 34.5 Å². The van der Waals surface area contributed by atoms with Crippen LogP contribution in [-0.2, 0) is 0 Å². The third-order valence-corrected chi connectivity index (χ3v) is 8.71. The smallest absolute Gasteiger partial charge is 0.0826 e. The zero-order chi connectivity index (χ0) is 16.4. The molecule has 0 saturated heterocycles. The van der Waals surface area contributed by atoms with Crippen molar-refractivity contribution in [3.63, 3.8) is 0 Å². The van der Waals surface area contributed by atoms with E-state index in [1.54, 1.807) is 0 Å². The lowest BCUT2D eigenvalue weighted by Crippen LogP contribution is -2.55. The zero-order valence-corrected chi connectivity index (χ0v) is 14.7. The van der Waals surface area contributed by atoms with Crippen LogP contribution in [-0.4, -0.2) is 22.4 Å². The number of fused-ring (bicyclic) bond motifs is 5. The fraction of sp³-hybridized carbons (Fsp3) is 0.857. The van der Waals surface area contributed by atoms with E-state index in [9.17, 15) is 10.2 Å². The molecule has 3 unspecified atom stereocenters. The van der Waals surface area contributed by atoms with Crippen molar-refractivity contribution in [2.45, 2.75) is 77.4 Å². The molecule has 4 saturated carbocycles. The molecule has 4 rings (SSSR count). The lowest BCUT2D eigenvalue weighted by Gasteiger charge is -2.60. The lowest BCUT2D eigenvalue weighted by atomic mass is 9.44. The van der Waals surface area contributed by atoms with Crippen molar-refractivity contribution in [1.82, 2.24) is 0 Å². The molecule has 0 bridgehead atoms. The molecule has 0 amide bonds. The molecule has 8 atom stereocenters. The molecule has 0 aromatic heterocycles. The van der Waals surface area contributed by atoms with Gasteiger partial charge in [0.2, 0.25) is 0 Å². The molecule has 128 valence electrons. The molecular formula is C21H32O2. The van der Waals surface area contributed by atoms with Crippen molar-refractivity contribution in [2.75, 3.05) is 0 Å². The second-order valence-electron chi connectivity index (χ2n) is 9.34. The summed E-state index contributed by atoms with van der Waals surface area (Å²) in [6.45, 7) is 8.70. The van der Waals surface area contributed by atoms with Gasteiger partial charge in [-0.1, -0.05) is 20.4 Å². The molecule has 0 heterocycles. The van der Waals surface area contributed by atoms with Crippen LogP contribution in [0.4, 0.5) is 0 Å². The minimum Gasteiger partial charge on any atom is -0.393 e. The van der Waals surface area contributed by atoms with Gasteiger partial charge in [-0.2, -0.15) is 0 Å². The summed E-state index contributed by atoms with van der Waals surface area (Å²) in [5.41, 5.74) is 4.67. The Labute approximate surface area is 140 Å². The molecule has 2 N–H and O–H groups in total. The molecule has 4 aliphatic rings. The van der Waals surface area contributed by atoms with Crippen LogP contribution < -0.4 is 0 Å². The van der Waals surface area contributed by atoms with Gasteiger partial charge in [0, 0.05) is 5.57 Å². The van der Waals surface area contributed by atoms with Crippen LogP contribution in [0.3, 0.4) is 0 Å². The highest BCUT2D eigenvalue weighted by Crippen LogP contribution is 2.66. The van der Waals surface area contributed by atoms with E-state index in [4.69, 9.17) is 0 Å². The van der Waals surface area contributed by atoms with E-state index in [-0.39, 0.29) is 17.6 Å². The van der Waals surface area contributed by atoms with Gasteiger partial charge in [-0.3, -0.25) is 0 Å². The third-order valence-electron chi connectivity index (χ3n) is 8.71. The lowest BCUT2D eigenvalue weighted by molar-refractivity contribution is -0.117. The molecule has 0 radical (unpaired) electrons. The highest BCUT2D eigenvalue weighted by Gasteiger charge is 2.60. The first-order chi connectivity index (χ1) is 10.9. The fourth-order valence-electron chi connectivity index (χ4n) is 7.38. The maximum Gasteiger partial charge on any atom is 0.0826 e. The number of hydrogen-bond acceptors (Lipinski definition) is 2. The van der Waals surface area contributed by atoms with Crippen molar-refractivity contribution >= 4 is 0 Å². The second kappa shape index (κ2) is 5.22. The van der Waals surface area contributed by atoms with E-state index in [1.807, 2.05) is 0 Å². The van der Waals surface area contributed by atoms with Crippen molar-refractivity contribution in [3.8, 4) is 0 Å². The molecule has 2 heteroatoms. The average Bonchev–Trinajstić information content (AvgIpc) is 2.83. The van der Waals surface area contributed by atoms with Crippen LogP contribution in [0, 0.1) is 34.5 Å². The topological polar surface area (TPSA) is 40.5 Å². The Hall–Kier alpha value is -0.560. The monoisotopic (exact) mass is 316 g/mol. The minimum absolute atomic E-state index is 0.0872. The van der Waals surface area contributed by atoms with Gasteiger partial charge < -0.3 is 10.2 Å². The van der Waals surface area contributed by atoms with E-state index in [1.165, 1.54) is 32.1 Å². The summed E-state index contributed by atoms with van der Waals surface area (Å²) in [5, 5.41) is 20.9. The minimum atomic E-state index is -0.315. The quantitative estimate of drug-likeness (QED) is 0.661. The van der Waals surface area contributed by atoms with E-state index in [2.05, 4.69) is 26.2 Å². The van der Waals surface area contributed by atoms with Gasteiger partial charge in [0.05, 0.1) is 12.2 Å². The van der Waals surface area contributed by atoms with Gasteiger partial charge in [-0.25, -0.2) is 0 Å². The van der Waals surface area contributed by atoms with Gasteiger partial charge in [0.15, 0.2) is 0 Å². The zero-order valence-electron chi connectivity index (χ0n) is 14.7. The number of aliphatic hydroxyl groups is 2. The predicted octanol–water partition coefficient (Wildman–Crippen LogP) is 4.07. The molecular weight excluding hydrogens is 284 g/mol. The third kappa shape index (κ3) is 2.01. The number of aliphatic hydroxyl groups excluding tert-OH is 2. The Kier molecular flexibility index (Phi) is 3.61. The van der Waals surface area contributed by atoms with Crippen LogP contribution in [0.15, 0.2) is 17.9 Å². The molecule has 0 spiro atoms. The van der Waals surface area contributed by atoms with E-state index in [0.717, 1.165) is 36.7 Å². The van der Waals surface area contributed by atoms with Crippen molar-refractivity contribution in [1.29, 1.82) is 0 Å². The molecule has 0 aromatic rings. The first-order valence-corrected chi connectivity index (χ1v) is 9.68. The summed E-state index contributed by atoms with van der Waals surface area (Å²) >= 11 is 0. The molecule has 4 aliphatic carbocycles. The van der Waals surface area contributed by atoms with Crippen LogP contribution in [0.5, 0.6) is 0 Å². The normalized spacial score (nSPS) is 55.6. The maximum absolute atomic E-state index is 10.5. The fourth-order valence-corrected chi connectivity index (χ4v) is 7.38. The van der Waals surface area contributed by atoms with Crippen LogP contribution in [0.25, 0.3) is 0 Å². The van der Waals surface area contributed by atoms with E-state index < -0.39 is 0 Å². The molecule has 2 nitrogen and oxygen atoms in total. The Morgan fingerprint density at radius 1 is 0.913 bits per heavy atom. The molecule has 0 aromatic carbocycles.